The van der Waals surface area contributed by atoms with Crippen LogP contribution >= 0.6 is 0 Å². The van der Waals surface area contributed by atoms with Crippen LogP contribution in [-0.2, 0) is 32.5 Å². The molecule has 2 aliphatic heterocycles. The molecule has 0 N–H and O–H groups in total. The molecule has 2 fully saturated rings. The largest absolute Gasteiger partial charge is 0.548 e. The summed E-state index contributed by atoms with van der Waals surface area (Å²) in [6.45, 7) is 1.65. The second kappa shape index (κ2) is 5.88. The van der Waals surface area contributed by atoms with Gasteiger partial charge in [-0.1, -0.05) is 30.3 Å². The van der Waals surface area contributed by atoms with Crippen molar-refractivity contribution in [2.24, 2.45) is 0 Å². The maximum absolute atomic E-state index is 12.9. The third-order valence-corrected chi connectivity index (χ3v) is 8.10. The molecule has 0 saturated carbocycles. The lowest BCUT2D eigenvalue weighted by Gasteiger charge is -2.38. The number of rotatable bonds is 5. The molecule has 10 heteroatoms. The third kappa shape index (κ3) is 2.54. The zero-order valence-electron chi connectivity index (χ0n) is 14.6. The summed E-state index contributed by atoms with van der Waals surface area (Å²) in [5.41, 5.74) is 1.02. The summed E-state index contributed by atoms with van der Waals surface area (Å²) in [4.78, 5) is 24.4. The highest BCUT2D eigenvalue weighted by Crippen LogP contribution is 2.46. The van der Waals surface area contributed by atoms with E-state index in [2.05, 4.69) is 5.21 Å². The Morgan fingerprint density at radius 3 is 2.70 bits per heavy atom. The van der Waals surface area contributed by atoms with E-state index < -0.39 is 37.9 Å². The van der Waals surface area contributed by atoms with Crippen LogP contribution in [0.25, 0.3) is 0 Å². The summed E-state index contributed by atoms with van der Waals surface area (Å²) in [5, 5.41) is 14.9. The van der Waals surface area contributed by atoms with E-state index in [0.29, 0.717) is 6.54 Å². The molecule has 2 aliphatic rings. The minimum absolute atomic E-state index is 0.184. The Labute approximate surface area is 155 Å². The van der Waals surface area contributed by atoms with Gasteiger partial charge in [0.05, 0.1) is 23.6 Å². The Morgan fingerprint density at radius 1 is 1.37 bits per heavy atom. The molecule has 3 heterocycles. The number of nitrogens with zero attached hydrogens (tertiary/aromatic N) is 4. The fourth-order valence-electron chi connectivity index (χ4n) is 3.89. The quantitative estimate of drug-likeness (QED) is 0.434. The average Bonchev–Trinajstić information content (AvgIpc) is 3.08. The Bertz CT molecular complexity index is 1020. The van der Waals surface area contributed by atoms with E-state index in [1.54, 1.807) is 17.1 Å². The van der Waals surface area contributed by atoms with Crippen LogP contribution in [-0.4, -0.2) is 51.3 Å². The number of amides is 1. The van der Waals surface area contributed by atoms with Crippen LogP contribution in [0.5, 0.6) is 0 Å². The van der Waals surface area contributed by atoms with E-state index in [1.807, 2.05) is 30.3 Å². The van der Waals surface area contributed by atoms with Crippen LogP contribution < -0.4 is 9.79 Å². The molecular weight excluding hydrogens is 372 g/mol. The highest BCUT2D eigenvalue weighted by molar-refractivity contribution is 7.93. The van der Waals surface area contributed by atoms with Crippen molar-refractivity contribution in [1.29, 1.82) is 0 Å². The number of aliphatic carboxylic acids is 1. The van der Waals surface area contributed by atoms with Gasteiger partial charge in [0.25, 0.3) is 0 Å². The summed E-state index contributed by atoms with van der Waals surface area (Å²) in [6.07, 6.45) is 3.09. The van der Waals surface area contributed by atoms with Gasteiger partial charge in [-0.3, -0.25) is 4.79 Å². The lowest BCUT2D eigenvalue weighted by molar-refractivity contribution is -0.747. The molecule has 0 unspecified atom stereocenters. The Hall–Kier alpha value is -2.75. The lowest BCUT2D eigenvalue weighted by atomic mass is 9.96. The van der Waals surface area contributed by atoms with Gasteiger partial charge in [-0.2, -0.15) is 0 Å². The van der Waals surface area contributed by atoms with E-state index in [0.717, 1.165) is 10.5 Å². The van der Waals surface area contributed by atoms with Crippen molar-refractivity contribution in [3.8, 4) is 0 Å². The Morgan fingerprint density at radius 2 is 2.07 bits per heavy atom. The van der Waals surface area contributed by atoms with Crippen LogP contribution in [0.1, 0.15) is 18.9 Å². The van der Waals surface area contributed by atoms with E-state index in [9.17, 15) is 23.1 Å². The zero-order valence-corrected chi connectivity index (χ0v) is 15.4. The molecular formula is C17H18N4O5S. The van der Waals surface area contributed by atoms with E-state index in [1.165, 1.54) is 11.6 Å². The standard InChI is InChI=1S/C17H18N4O5S/c1-17(15(16(23)24)21-13(22)9-14(21)27(17,25)26)11-20-8-7-19(18-20)10-12-5-3-2-4-6-12/h2-8,14-15H,9-11H2,1H3/t14-,15+,17+/m1/s1. The normalized spacial score (nSPS) is 28.6. The van der Waals surface area contributed by atoms with Gasteiger partial charge in [-0.25, -0.2) is 8.42 Å². The van der Waals surface area contributed by atoms with Crippen LogP contribution in [0.3, 0.4) is 0 Å². The smallest absolute Gasteiger partial charge is 0.227 e. The molecule has 1 aromatic heterocycles. The summed E-state index contributed by atoms with van der Waals surface area (Å²) in [5.74, 6) is -2.05. The molecule has 0 bridgehead atoms. The maximum Gasteiger partial charge on any atom is 0.227 e. The van der Waals surface area contributed by atoms with Crippen LogP contribution in [0, 0.1) is 0 Å². The van der Waals surface area contributed by atoms with Crippen molar-refractivity contribution < 1.29 is 27.8 Å². The predicted octanol–water partition coefficient (Wildman–Crippen LogP) is -1.92. The minimum atomic E-state index is -3.89. The van der Waals surface area contributed by atoms with Crippen molar-refractivity contribution in [1.82, 2.24) is 14.8 Å². The monoisotopic (exact) mass is 390 g/mol. The van der Waals surface area contributed by atoms with Crippen LogP contribution in [0.4, 0.5) is 0 Å². The lowest BCUT2D eigenvalue weighted by Crippen LogP contribution is -2.61. The predicted molar refractivity (Wildman–Crippen MR) is 89.3 cm³/mol. The van der Waals surface area contributed by atoms with Crippen molar-refractivity contribution >= 4 is 21.7 Å². The summed E-state index contributed by atoms with van der Waals surface area (Å²) >= 11 is 0. The van der Waals surface area contributed by atoms with Gasteiger partial charge in [0.15, 0.2) is 22.2 Å². The Balaban J connectivity index is 1.63. The molecule has 2 saturated heterocycles. The van der Waals surface area contributed by atoms with Crippen molar-refractivity contribution in [2.75, 3.05) is 0 Å². The fourth-order valence-corrected chi connectivity index (χ4v) is 6.25. The minimum Gasteiger partial charge on any atom is -0.548 e. The first kappa shape index (κ1) is 17.7. The summed E-state index contributed by atoms with van der Waals surface area (Å²) in [7, 11) is -3.89. The van der Waals surface area contributed by atoms with E-state index >= 15 is 0 Å². The molecule has 1 amide bonds. The molecule has 142 valence electrons. The van der Waals surface area contributed by atoms with Gasteiger partial charge in [0.1, 0.15) is 23.2 Å². The van der Waals surface area contributed by atoms with Crippen LogP contribution in [0.2, 0.25) is 0 Å². The number of carboxylic acids is 1. The van der Waals surface area contributed by atoms with Gasteiger partial charge in [0.2, 0.25) is 5.91 Å². The van der Waals surface area contributed by atoms with Gasteiger partial charge in [0, 0.05) is 0 Å². The number of carbonyl (C=O) groups is 2. The van der Waals surface area contributed by atoms with Gasteiger partial charge in [-0.15, -0.1) is 9.36 Å². The number of hydrogen-bond donors (Lipinski definition) is 0. The number of carbonyl (C=O) groups excluding carboxylic acids is 2. The first-order valence-corrected chi connectivity index (χ1v) is 10.0. The van der Waals surface area contributed by atoms with E-state index in [4.69, 9.17) is 0 Å². The number of benzene rings is 1. The fraction of sp³-hybridized carbons (Fsp3) is 0.412. The third-order valence-electron chi connectivity index (χ3n) is 5.34. The molecule has 3 atom stereocenters. The SMILES string of the molecule is C[C@]1(Cn2cc[n+](Cc3ccccc3)n2)[C@H](C(=O)[O-])N2C(=O)C[C@H]2S1(=O)=O. The number of aromatic nitrogens is 3. The highest BCUT2D eigenvalue weighted by atomic mass is 32.2. The topological polar surface area (TPSA) is 116 Å². The van der Waals surface area contributed by atoms with Crippen LogP contribution in [0.15, 0.2) is 42.7 Å². The number of hydrogen-bond acceptors (Lipinski definition) is 6. The molecule has 1 aromatic carbocycles. The molecule has 0 aliphatic carbocycles. The second-order valence-corrected chi connectivity index (χ2v) is 9.67. The molecule has 2 aromatic rings. The zero-order chi connectivity index (χ0) is 19.4. The summed E-state index contributed by atoms with van der Waals surface area (Å²) < 4.78 is 27.1. The molecule has 0 spiro atoms. The average molecular weight is 390 g/mol. The second-order valence-electron chi connectivity index (χ2n) is 7.11. The number of carboxylic acid groups (broad SMARTS) is 1. The first-order valence-electron chi connectivity index (χ1n) is 8.46. The first-order chi connectivity index (χ1) is 12.7. The Kier molecular flexibility index (Phi) is 3.84. The summed E-state index contributed by atoms with van der Waals surface area (Å²) in [6, 6.07) is 8.08. The maximum atomic E-state index is 12.9. The van der Waals surface area contributed by atoms with Crippen molar-refractivity contribution in [2.45, 2.75) is 42.6 Å². The number of sulfone groups is 1. The van der Waals surface area contributed by atoms with Crippen molar-refractivity contribution in [3.05, 3.63) is 48.3 Å². The van der Waals surface area contributed by atoms with Crippen molar-refractivity contribution in [3.63, 3.8) is 0 Å². The van der Waals surface area contributed by atoms with Gasteiger partial charge in [-0.05, 0) is 12.5 Å². The van der Waals surface area contributed by atoms with E-state index in [-0.39, 0.29) is 13.0 Å². The van der Waals surface area contributed by atoms with Gasteiger partial charge < -0.3 is 14.8 Å². The number of fused-ring (bicyclic) bond motifs is 1. The highest BCUT2D eigenvalue weighted by Gasteiger charge is 2.68. The molecule has 27 heavy (non-hydrogen) atoms. The number of β-lactam (4-membered cyclic amide) rings is 1. The van der Waals surface area contributed by atoms with Gasteiger partial charge >= 0.3 is 0 Å². The molecule has 9 nitrogen and oxygen atoms in total. The molecule has 4 rings (SSSR count). The molecule has 0 radical (unpaired) electrons.